The van der Waals surface area contributed by atoms with Crippen LogP contribution in [0.3, 0.4) is 0 Å². The first-order chi connectivity index (χ1) is 9.36. The van der Waals surface area contributed by atoms with Gasteiger partial charge in [-0.1, -0.05) is 0 Å². The van der Waals surface area contributed by atoms with Crippen molar-refractivity contribution in [3.63, 3.8) is 0 Å². The van der Waals surface area contributed by atoms with E-state index in [0.717, 1.165) is 25.0 Å². The molecule has 0 bridgehead atoms. The number of nitrogens with one attached hydrogen (secondary N) is 3. The Morgan fingerprint density at radius 2 is 1.75 bits per heavy atom. The fraction of sp³-hybridized carbons (Fsp3) is 0.333. The molecule has 1 aliphatic rings. The van der Waals surface area contributed by atoms with E-state index >= 15 is 0 Å². The molecule has 0 saturated heterocycles. The predicted octanol–water partition coefficient (Wildman–Crippen LogP) is 2.43. The second kappa shape index (κ2) is 5.66. The van der Waals surface area contributed by atoms with Crippen molar-refractivity contribution in [1.82, 2.24) is 10.9 Å². The first kappa shape index (κ1) is 14.6. The summed E-state index contributed by atoms with van der Waals surface area (Å²) in [4.78, 5) is 11.3. The Kier molecular flexibility index (Phi) is 4.12. The van der Waals surface area contributed by atoms with E-state index in [4.69, 9.17) is 12.2 Å². The van der Waals surface area contributed by atoms with Crippen LogP contribution in [-0.4, -0.2) is 11.0 Å². The van der Waals surface area contributed by atoms with Crippen LogP contribution in [0.15, 0.2) is 24.3 Å². The van der Waals surface area contributed by atoms with Crippen molar-refractivity contribution in [1.29, 1.82) is 0 Å². The van der Waals surface area contributed by atoms with Crippen LogP contribution >= 0.6 is 12.2 Å². The summed E-state index contributed by atoms with van der Waals surface area (Å²) in [5.41, 5.74) is 4.59. The smallest absolute Gasteiger partial charge is 0.331 e. The second-order valence-corrected chi connectivity index (χ2v) is 4.83. The Morgan fingerprint density at radius 3 is 2.25 bits per heavy atom. The number of carbonyl (C=O) groups is 1. The van der Waals surface area contributed by atoms with Crippen LogP contribution < -0.4 is 16.2 Å². The number of hydrazine groups is 1. The lowest BCUT2D eigenvalue weighted by Gasteiger charge is -2.12. The van der Waals surface area contributed by atoms with Crippen LogP contribution in [0.2, 0.25) is 0 Å². The van der Waals surface area contributed by atoms with Crippen LogP contribution in [0.5, 0.6) is 0 Å². The fourth-order valence-corrected chi connectivity index (χ4v) is 1.64. The summed E-state index contributed by atoms with van der Waals surface area (Å²) in [5.74, 6) is -0.0991. The third-order valence-corrected chi connectivity index (χ3v) is 2.92. The molecule has 3 N–H and O–H groups in total. The molecule has 0 aliphatic heterocycles. The summed E-state index contributed by atoms with van der Waals surface area (Å²) in [7, 11) is 0. The highest BCUT2D eigenvalue weighted by molar-refractivity contribution is 7.80. The van der Waals surface area contributed by atoms with Gasteiger partial charge in [0.05, 0.1) is 5.56 Å². The van der Waals surface area contributed by atoms with Crippen molar-refractivity contribution in [2.45, 2.75) is 19.0 Å². The van der Waals surface area contributed by atoms with E-state index in [1.807, 2.05) is 0 Å². The van der Waals surface area contributed by atoms with Crippen molar-refractivity contribution in [2.75, 3.05) is 5.32 Å². The van der Waals surface area contributed by atoms with E-state index in [1.54, 1.807) is 0 Å². The van der Waals surface area contributed by atoms with E-state index in [1.165, 1.54) is 12.1 Å². The molecule has 2 rings (SSSR count). The summed E-state index contributed by atoms with van der Waals surface area (Å²) in [6.07, 6.45) is -2.63. The van der Waals surface area contributed by atoms with E-state index in [-0.39, 0.29) is 16.9 Å². The van der Waals surface area contributed by atoms with Crippen molar-refractivity contribution < 1.29 is 18.0 Å². The Bertz CT molecular complexity index is 512. The fourth-order valence-electron chi connectivity index (χ4n) is 1.47. The molecule has 0 aromatic heterocycles. The van der Waals surface area contributed by atoms with Crippen molar-refractivity contribution >= 4 is 28.9 Å². The van der Waals surface area contributed by atoms with Crippen molar-refractivity contribution in [2.24, 2.45) is 5.92 Å². The van der Waals surface area contributed by atoms with Crippen molar-refractivity contribution in [3.8, 4) is 0 Å². The Balaban J connectivity index is 1.83. The predicted molar refractivity (Wildman–Crippen MR) is 71.7 cm³/mol. The van der Waals surface area contributed by atoms with Crippen LogP contribution in [0.4, 0.5) is 18.9 Å². The third-order valence-electron chi connectivity index (χ3n) is 2.72. The van der Waals surface area contributed by atoms with Gasteiger partial charge in [0.1, 0.15) is 0 Å². The molecule has 1 saturated carbocycles. The lowest BCUT2D eigenvalue weighted by Crippen LogP contribution is -2.44. The summed E-state index contributed by atoms with van der Waals surface area (Å²) >= 11 is 4.91. The van der Waals surface area contributed by atoms with Gasteiger partial charge in [-0.05, 0) is 49.3 Å². The number of thiocarbonyl (C=S) groups is 1. The minimum Gasteiger partial charge on any atom is -0.331 e. The van der Waals surface area contributed by atoms with E-state index in [9.17, 15) is 18.0 Å². The first-order valence-electron chi connectivity index (χ1n) is 5.90. The topological polar surface area (TPSA) is 53.2 Å². The maximum Gasteiger partial charge on any atom is 0.416 e. The summed E-state index contributed by atoms with van der Waals surface area (Å²) in [6.45, 7) is 0. The molecule has 1 aromatic carbocycles. The quantitative estimate of drug-likeness (QED) is 0.580. The lowest BCUT2D eigenvalue weighted by atomic mass is 10.2. The SMILES string of the molecule is O=C(NNC(=S)Nc1ccc(C(F)(F)F)cc1)C1CC1. The lowest BCUT2D eigenvalue weighted by molar-refractivity contribution is -0.137. The number of amides is 1. The number of hydrogen-bond acceptors (Lipinski definition) is 2. The molecule has 0 unspecified atom stereocenters. The largest absolute Gasteiger partial charge is 0.416 e. The molecule has 0 atom stereocenters. The third kappa shape index (κ3) is 4.09. The second-order valence-electron chi connectivity index (χ2n) is 4.42. The molecule has 108 valence electrons. The maximum absolute atomic E-state index is 12.4. The zero-order valence-electron chi connectivity index (χ0n) is 10.3. The summed E-state index contributed by atoms with van der Waals surface area (Å²) in [6, 6.07) is 4.43. The number of alkyl halides is 3. The number of hydrogen-bond donors (Lipinski definition) is 3. The summed E-state index contributed by atoms with van der Waals surface area (Å²) < 4.78 is 37.1. The number of anilines is 1. The Hall–Kier alpha value is -1.83. The number of benzene rings is 1. The van der Waals surface area contributed by atoms with Gasteiger partial charge in [-0.3, -0.25) is 15.6 Å². The standard InChI is InChI=1S/C12H12F3N3OS/c13-12(14,15)8-3-5-9(6-4-8)16-11(20)18-17-10(19)7-1-2-7/h3-7H,1-2H2,(H,17,19)(H2,16,18,20). The molecule has 4 nitrogen and oxygen atoms in total. The number of rotatable bonds is 2. The summed E-state index contributed by atoms with van der Waals surface area (Å²) in [5, 5.41) is 2.78. The highest BCUT2D eigenvalue weighted by atomic mass is 32.1. The minimum absolute atomic E-state index is 0.0383. The van der Waals surface area contributed by atoms with Gasteiger partial charge >= 0.3 is 6.18 Å². The maximum atomic E-state index is 12.4. The molecule has 0 radical (unpaired) electrons. The van der Waals surface area contributed by atoms with E-state index < -0.39 is 11.7 Å². The molecule has 0 spiro atoms. The Morgan fingerprint density at radius 1 is 1.15 bits per heavy atom. The highest BCUT2D eigenvalue weighted by Gasteiger charge is 2.30. The highest BCUT2D eigenvalue weighted by Crippen LogP contribution is 2.30. The average molecular weight is 303 g/mol. The van der Waals surface area contributed by atoms with Gasteiger partial charge in [0.15, 0.2) is 5.11 Å². The normalized spacial score (nSPS) is 14.6. The molecule has 1 aromatic rings. The van der Waals surface area contributed by atoms with Gasteiger partial charge in [-0.2, -0.15) is 13.2 Å². The first-order valence-corrected chi connectivity index (χ1v) is 6.31. The number of carbonyl (C=O) groups excluding carboxylic acids is 1. The molecular formula is C12H12F3N3OS. The van der Waals surface area contributed by atoms with Gasteiger partial charge in [0.25, 0.3) is 0 Å². The average Bonchev–Trinajstić information content (AvgIpc) is 3.20. The van der Waals surface area contributed by atoms with Gasteiger partial charge in [0, 0.05) is 11.6 Å². The van der Waals surface area contributed by atoms with Gasteiger partial charge in [0.2, 0.25) is 5.91 Å². The molecular weight excluding hydrogens is 291 g/mol. The molecule has 1 aliphatic carbocycles. The van der Waals surface area contributed by atoms with Crippen molar-refractivity contribution in [3.05, 3.63) is 29.8 Å². The number of halogens is 3. The molecule has 1 fully saturated rings. The van der Waals surface area contributed by atoms with E-state index in [2.05, 4.69) is 16.2 Å². The molecule has 8 heteroatoms. The zero-order valence-corrected chi connectivity index (χ0v) is 11.1. The van der Waals surface area contributed by atoms with Gasteiger partial charge in [-0.15, -0.1) is 0 Å². The monoisotopic (exact) mass is 303 g/mol. The molecule has 20 heavy (non-hydrogen) atoms. The van der Waals surface area contributed by atoms with Crippen LogP contribution in [0, 0.1) is 5.92 Å². The minimum atomic E-state index is -4.37. The zero-order chi connectivity index (χ0) is 14.8. The van der Waals surface area contributed by atoms with Gasteiger partial charge < -0.3 is 5.32 Å². The Labute approximate surface area is 118 Å². The molecule has 1 amide bonds. The van der Waals surface area contributed by atoms with Crippen LogP contribution in [0.25, 0.3) is 0 Å². The van der Waals surface area contributed by atoms with Crippen LogP contribution in [-0.2, 0) is 11.0 Å². The van der Waals surface area contributed by atoms with E-state index in [0.29, 0.717) is 5.69 Å². The van der Waals surface area contributed by atoms with Crippen LogP contribution in [0.1, 0.15) is 18.4 Å². The molecule has 0 heterocycles. The van der Waals surface area contributed by atoms with Gasteiger partial charge in [-0.25, -0.2) is 0 Å².